The second kappa shape index (κ2) is 5.22. The highest BCUT2D eigenvalue weighted by Crippen LogP contribution is 2.00. The molecule has 0 rings (SSSR count). The zero-order chi connectivity index (χ0) is 6.41. The van der Waals surface area contributed by atoms with Crippen LogP contribution in [0.15, 0.2) is 0 Å². The highest BCUT2D eigenvalue weighted by molar-refractivity contribution is 9.09. The van der Waals surface area contributed by atoms with Crippen LogP contribution in [-0.4, -0.2) is 17.7 Å². The summed E-state index contributed by atoms with van der Waals surface area (Å²) < 4.78 is 12.1. The van der Waals surface area contributed by atoms with Crippen LogP contribution < -0.4 is 0 Å². The average Bonchev–Trinajstić information content (AvgIpc) is 1.83. The molecule has 0 radical (unpaired) electrons. The molecule has 1 atom stereocenters. The molecule has 0 saturated carbocycles. The molecule has 0 bridgehead atoms. The molecule has 0 aromatic heterocycles. The summed E-state index contributed by atoms with van der Waals surface area (Å²) in [5.41, 5.74) is 0. The third-order valence-corrected chi connectivity index (χ3v) is 1.36. The molecule has 1 N–H and O–H groups in total. The van der Waals surface area contributed by atoms with Crippen LogP contribution >= 0.6 is 15.9 Å². The summed E-state index contributed by atoms with van der Waals surface area (Å²) in [6.07, 6.45) is 1.07. The number of rotatable bonds is 4. The summed E-state index contributed by atoms with van der Waals surface area (Å²) in [7, 11) is 0. The summed E-state index contributed by atoms with van der Waals surface area (Å²) in [4.78, 5) is 0. The molecule has 0 heterocycles. The van der Waals surface area contributed by atoms with Gasteiger partial charge >= 0.3 is 0 Å². The summed E-state index contributed by atoms with van der Waals surface area (Å²) in [6, 6.07) is 0. The van der Waals surface area contributed by atoms with Crippen molar-refractivity contribution in [3.8, 4) is 0 Å². The Labute approximate surface area is 56.9 Å². The van der Waals surface area contributed by atoms with Gasteiger partial charge in [0.2, 0.25) is 0 Å². The Bertz CT molecular complexity index is 67.4. The molecular formula is C5H9BrFN. The molecule has 8 heavy (non-hydrogen) atoms. The average molecular weight is 182 g/mol. The summed E-state index contributed by atoms with van der Waals surface area (Å²) in [5.74, 6) is 0. The van der Waals surface area contributed by atoms with Crippen LogP contribution in [0.3, 0.4) is 0 Å². The van der Waals surface area contributed by atoms with E-state index in [4.69, 9.17) is 5.41 Å². The van der Waals surface area contributed by atoms with E-state index in [1.54, 1.807) is 0 Å². The normalized spacial score (nSPS) is 13.2. The van der Waals surface area contributed by atoms with Crippen LogP contribution in [0.4, 0.5) is 4.39 Å². The van der Waals surface area contributed by atoms with E-state index in [-0.39, 0.29) is 0 Å². The second-order valence-electron chi connectivity index (χ2n) is 1.51. The van der Waals surface area contributed by atoms with Crippen molar-refractivity contribution >= 4 is 22.1 Å². The van der Waals surface area contributed by atoms with E-state index in [2.05, 4.69) is 15.9 Å². The summed E-state index contributed by atoms with van der Waals surface area (Å²) in [6.45, 7) is 0. The fraction of sp³-hybridized carbons (Fsp3) is 0.800. The molecule has 0 aromatic carbocycles. The Balaban J connectivity index is 2.98. The third-order valence-electron chi connectivity index (χ3n) is 0.794. The van der Waals surface area contributed by atoms with Crippen LogP contribution in [0.1, 0.15) is 12.8 Å². The van der Waals surface area contributed by atoms with Gasteiger partial charge in [-0.2, -0.15) is 0 Å². The molecule has 0 aromatic rings. The minimum absolute atomic E-state index is 0.467. The Morgan fingerprint density at radius 2 is 2.38 bits per heavy atom. The van der Waals surface area contributed by atoms with Gasteiger partial charge in [0.05, 0.1) is 0 Å². The minimum Gasteiger partial charge on any atom is -0.310 e. The predicted molar refractivity (Wildman–Crippen MR) is 36.7 cm³/mol. The number of hydrogen-bond donors (Lipinski definition) is 1. The molecule has 0 aliphatic heterocycles. The van der Waals surface area contributed by atoms with E-state index >= 15 is 0 Å². The van der Waals surface area contributed by atoms with Crippen LogP contribution in [0.5, 0.6) is 0 Å². The Hall–Kier alpha value is 0.0800. The molecule has 0 amide bonds. The third kappa shape index (κ3) is 4.24. The smallest absolute Gasteiger partial charge is 0.134 e. The van der Waals surface area contributed by atoms with Crippen LogP contribution in [-0.2, 0) is 0 Å². The standard InChI is InChI=1S/C5H9BrFN/c6-3-1-2-5(7)4-8/h4-5,8H,1-3H2. The van der Waals surface area contributed by atoms with E-state index in [1.165, 1.54) is 0 Å². The fourth-order valence-corrected chi connectivity index (χ4v) is 0.679. The molecular weight excluding hydrogens is 173 g/mol. The highest BCUT2D eigenvalue weighted by Gasteiger charge is 1.98. The topological polar surface area (TPSA) is 23.9 Å². The lowest BCUT2D eigenvalue weighted by Crippen LogP contribution is -1.99. The van der Waals surface area contributed by atoms with E-state index in [0.717, 1.165) is 18.0 Å². The number of alkyl halides is 2. The Morgan fingerprint density at radius 1 is 1.75 bits per heavy atom. The van der Waals surface area contributed by atoms with Crippen molar-refractivity contribution in [1.82, 2.24) is 0 Å². The monoisotopic (exact) mass is 181 g/mol. The van der Waals surface area contributed by atoms with Crippen molar-refractivity contribution in [1.29, 1.82) is 5.41 Å². The maximum atomic E-state index is 12.1. The SMILES string of the molecule is N=CC(F)CCCBr. The second-order valence-corrected chi connectivity index (χ2v) is 2.31. The molecule has 1 nitrogen and oxygen atoms in total. The molecule has 3 heteroatoms. The molecule has 0 aliphatic rings. The van der Waals surface area contributed by atoms with Crippen molar-refractivity contribution in [3.05, 3.63) is 0 Å². The molecule has 1 unspecified atom stereocenters. The van der Waals surface area contributed by atoms with Gasteiger partial charge in [0.25, 0.3) is 0 Å². The quantitative estimate of drug-likeness (QED) is 0.508. The highest BCUT2D eigenvalue weighted by atomic mass is 79.9. The van der Waals surface area contributed by atoms with Gasteiger partial charge < -0.3 is 5.41 Å². The first-order valence-electron chi connectivity index (χ1n) is 2.52. The van der Waals surface area contributed by atoms with E-state index in [1.807, 2.05) is 0 Å². The minimum atomic E-state index is -1.03. The zero-order valence-corrected chi connectivity index (χ0v) is 6.12. The number of hydrogen-bond acceptors (Lipinski definition) is 1. The Kier molecular flexibility index (Phi) is 5.27. The molecule has 0 saturated heterocycles. The number of halogens is 2. The van der Waals surface area contributed by atoms with E-state index < -0.39 is 6.17 Å². The van der Waals surface area contributed by atoms with Crippen LogP contribution in [0, 0.1) is 5.41 Å². The van der Waals surface area contributed by atoms with Gasteiger partial charge in [0.1, 0.15) is 6.17 Å². The largest absolute Gasteiger partial charge is 0.310 e. The lowest BCUT2D eigenvalue weighted by molar-refractivity contribution is 0.405. The van der Waals surface area contributed by atoms with Gasteiger partial charge in [-0.1, -0.05) is 15.9 Å². The number of nitrogens with one attached hydrogen (secondary N) is 1. The van der Waals surface area contributed by atoms with E-state index in [9.17, 15) is 4.39 Å². The molecule has 48 valence electrons. The Morgan fingerprint density at radius 3 is 2.75 bits per heavy atom. The van der Waals surface area contributed by atoms with Gasteiger partial charge in [0, 0.05) is 11.5 Å². The molecule has 0 aliphatic carbocycles. The summed E-state index contributed by atoms with van der Waals surface area (Å²) >= 11 is 3.17. The van der Waals surface area contributed by atoms with Gasteiger partial charge in [0.15, 0.2) is 0 Å². The lowest BCUT2D eigenvalue weighted by atomic mass is 10.2. The molecule has 0 spiro atoms. The van der Waals surface area contributed by atoms with Crippen molar-refractivity contribution in [3.63, 3.8) is 0 Å². The summed E-state index contributed by atoms with van der Waals surface area (Å²) in [5, 5.41) is 7.29. The first-order valence-corrected chi connectivity index (χ1v) is 3.64. The van der Waals surface area contributed by atoms with Gasteiger partial charge in [-0.15, -0.1) is 0 Å². The van der Waals surface area contributed by atoms with Gasteiger partial charge in [-0.3, -0.25) is 0 Å². The van der Waals surface area contributed by atoms with Crippen LogP contribution in [0.25, 0.3) is 0 Å². The van der Waals surface area contributed by atoms with Crippen molar-refractivity contribution in [2.24, 2.45) is 0 Å². The van der Waals surface area contributed by atoms with Crippen molar-refractivity contribution in [2.75, 3.05) is 5.33 Å². The van der Waals surface area contributed by atoms with Gasteiger partial charge in [-0.05, 0) is 12.8 Å². The zero-order valence-electron chi connectivity index (χ0n) is 4.53. The lowest BCUT2D eigenvalue weighted by Gasteiger charge is -1.95. The fourth-order valence-electron chi connectivity index (χ4n) is 0.355. The van der Waals surface area contributed by atoms with E-state index in [0.29, 0.717) is 6.42 Å². The van der Waals surface area contributed by atoms with Crippen LogP contribution in [0.2, 0.25) is 0 Å². The molecule has 0 fully saturated rings. The maximum Gasteiger partial charge on any atom is 0.134 e. The van der Waals surface area contributed by atoms with Crippen molar-refractivity contribution < 1.29 is 4.39 Å². The maximum absolute atomic E-state index is 12.1. The van der Waals surface area contributed by atoms with Gasteiger partial charge in [-0.25, -0.2) is 4.39 Å². The first kappa shape index (κ1) is 8.08. The van der Waals surface area contributed by atoms with Crippen molar-refractivity contribution in [2.45, 2.75) is 19.0 Å². The predicted octanol–water partition coefficient (Wildman–Crippen LogP) is 2.15. The first-order chi connectivity index (χ1) is 3.81.